The molecular weight excluding hydrogens is 404 g/mol. The fourth-order valence-electron chi connectivity index (χ4n) is 3.68. The van der Waals surface area contributed by atoms with Gasteiger partial charge in [0.2, 0.25) is 0 Å². The molecule has 2 aromatic rings. The number of nitrogens with one attached hydrogen (secondary N) is 1. The van der Waals surface area contributed by atoms with E-state index in [1.54, 1.807) is 7.11 Å². The van der Waals surface area contributed by atoms with Gasteiger partial charge in [-0.15, -0.1) is 12.4 Å². The molecule has 7 heteroatoms. The molecule has 0 bridgehead atoms. The summed E-state index contributed by atoms with van der Waals surface area (Å²) in [6.45, 7) is 4.91. The van der Waals surface area contributed by atoms with Crippen LogP contribution in [0.5, 0.6) is 11.5 Å². The molecule has 6 nitrogen and oxygen atoms in total. The summed E-state index contributed by atoms with van der Waals surface area (Å²) >= 11 is 0. The molecule has 0 aliphatic carbocycles. The van der Waals surface area contributed by atoms with E-state index in [0.717, 1.165) is 43.8 Å². The van der Waals surface area contributed by atoms with Gasteiger partial charge in [-0.2, -0.15) is 0 Å². The second-order valence-electron chi connectivity index (χ2n) is 7.15. The van der Waals surface area contributed by atoms with E-state index in [9.17, 15) is 9.59 Å². The number of amides is 1. The van der Waals surface area contributed by atoms with E-state index in [-0.39, 0.29) is 12.4 Å². The Morgan fingerprint density at radius 3 is 2.23 bits per heavy atom. The van der Waals surface area contributed by atoms with Crippen molar-refractivity contribution in [3.8, 4) is 11.5 Å². The number of carbonyl (C=O) groups excluding carboxylic acids is 2. The Labute approximate surface area is 184 Å². The molecule has 30 heavy (non-hydrogen) atoms. The maximum Gasteiger partial charge on any atom is 0.296 e. The van der Waals surface area contributed by atoms with Gasteiger partial charge in [-0.05, 0) is 55.1 Å². The Morgan fingerprint density at radius 1 is 0.900 bits per heavy atom. The van der Waals surface area contributed by atoms with E-state index >= 15 is 0 Å². The lowest BCUT2D eigenvalue weighted by molar-refractivity contribution is -0.112. The minimum atomic E-state index is -0.587. The monoisotopic (exact) mass is 432 g/mol. The van der Waals surface area contributed by atoms with Crippen molar-refractivity contribution in [1.29, 1.82) is 0 Å². The van der Waals surface area contributed by atoms with Crippen LogP contribution in [0, 0.1) is 0 Å². The van der Waals surface area contributed by atoms with Gasteiger partial charge in [-0.3, -0.25) is 9.59 Å². The highest BCUT2D eigenvalue weighted by Crippen LogP contribution is 2.35. The molecule has 1 N–H and O–H groups in total. The van der Waals surface area contributed by atoms with Crippen LogP contribution in [0.3, 0.4) is 0 Å². The molecule has 1 aliphatic rings. The number of hydrogen-bond acceptors (Lipinski definition) is 5. The minimum absolute atomic E-state index is 0. The Bertz CT molecular complexity index is 884. The molecule has 1 aliphatic heterocycles. The van der Waals surface area contributed by atoms with Crippen LogP contribution in [0.1, 0.15) is 34.8 Å². The van der Waals surface area contributed by atoms with Crippen LogP contribution in [0.25, 0.3) is 0 Å². The van der Waals surface area contributed by atoms with E-state index in [4.69, 9.17) is 9.47 Å². The van der Waals surface area contributed by atoms with Gasteiger partial charge in [-0.1, -0.05) is 25.1 Å². The van der Waals surface area contributed by atoms with E-state index in [1.807, 2.05) is 24.3 Å². The molecule has 0 atom stereocenters. The van der Waals surface area contributed by atoms with Crippen molar-refractivity contribution in [1.82, 2.24) is 4.90 Å². The molecule has 2 aromatic carbocycles. The second-order valence-corrected chi connectivity index (χ2v) is 7.15. The fourth-order valence-corrected chi connectivity index (χ4v) is 3.68. The Kier molecular flexibility index (Phi) is 8.69. The lowest BCUT2D eigenvalue weighted by Crippen LogP contribution is -2.29. The van der Waals surface area contributed by atoms with Crippen LogP contribution in [0.2, 0.25) is 0 Å². The van der Waals surface area contributed by atoms with E-state index in [0.29, 0.717) is 23.4 Å². The molecule has 3 rings (SSSR count). The number of benzene rings is 2. The molecule has 0 radical (unpaired) electrons. The van der Waals surface area contributed by atoms with Crippen LogP contribution < -0.4 is 14.8 Å². The molecule has 162 valence electrons. The molecule has 1 amide bonds. The lowest BCUT2D eigenvalue weighted by atomic mass is 10.00. The van der Waals surface area contributed by atoms with Crippen LogP contribution >= 0.6 is 12.4 Å². The normalized spacial score (nSPS) is 12.4. The summed E-state index contributed by atoms with van der Waals surface area (Å²) in [6, 6.07) is 11.9. The molecule has 0 saturated carbocycles. The van der Waals surface area contributed by atoms with Crippen molar-refractivity contribution in [2.45, 2.75) is 26.2 Å². The van der Waals surface area contributed by atoms with E-state index in [1.165, 1.54) is 12.7 Å². The zero-order valence-electron chi connectivity index (χ0n) is 17.7. The fraction of sp³-hybridized carbons (Fsp3) is 0.391. The summed E-state index contributed by atoms with van der Waals surface area (Å²) in [5.74, 6) is 0.318. The predicted octanol–water partition coefficient (Wildman–Crippen LogP) is 3.76. The predicted molar refractivity (Wildman–Crippen MR) is 120 cm³/mol. The highest BCUT2D eigenvalue weighted by atomic mass is 35.5. The average molecular weight is 433 g/mol. The Balaban J connectivity index is 0.00000320. The standard InChI is InChI=1S/C23H28N2O4.ClH/c1-4-13-25(14-11-16-5-8-18(28-2)9-6-16)15-12-17-7-10-19(29-3)21-20(17)22(26)23(27)24-21;/h5-10H,4,11-15H2,1-3H3,(H,24,26,27);1H. The maximum absolute atomic E-state index is 12.3. The third kappa shape index (κ3) is 5.32. The summed E-state index contributed by atoms with van der Waals surface area (Å²) in [5.41, 5.74) is 3.11. The van der Waals surface area contributed by atoms with Crippen LogP contribution in [-0.2, 0) is 17.6 Å². The minimum Gasteiger partial charge on any atom is -0.497 e. The molecule has 0 unspecified atom stereocenters. The first-order valence-electron chi connectivity index (χ1n) is 9.98. The van der Waals surface area contributed by atoms with Gasteiger partial charge in [0.1, 0.15) is 11.5 Å². The van der Waals surface area contributed by atoms with Crippen LogP contribution in [0.15, 0.2) is 36.4 Å². The van der Waals surface area contributed by atoms with Crippen molar-refractivity contribution >= 4 is 29.8 Å². The summed E-state index contributed by atoms with van der Waals surface area (Å²) in [6.07, 6.45) is 2.71. The molecule has 0 aromatic heterocycles. The van der Waals surface area contributed by atoms with Gasteiger partial charge in [0.15, 0.2) is 0 Å². The zero-order valence-corrected chi connectivity index (χ0v) is 18.5. The largest absolute Gasteiger partial charge is 0.497 e. The van der Waals surface area contributed by atoms with E-state index < -0.39 is 11.7 Å². The van der Waals surface area contributed by atoms with Crippen molar-refractivity contribution < 1.29 is 19.1 Å². The molecular formula is C23H29ClN2O4. The number of carbonyl (C=O) groups is 2. The first-order chi connectivity index (χ1) is 14.1. The van der Waals surface area contributed by atoms with Gasteiger partial charge < -0.3 is 19.7 Å². The number of rotatable bonds is 10. The number of anilines is 1. The number of ether oxygens (including phenoxy) is 2. The van der Waals surface area contributed by atoms with Crippen molar-refractivity contribution in [3.05, 3.63) is 53.1 Å². The van der Waals surface area contributed by atoms with Gasteiger partial charge in [0, 0.05) is 13.1 Å². The van der Waals surface area contributed by atoms with Gasteiger partial charge in [0.05, 0.1) is 25.5 Å². The smallest absolute Gasteiger partial charge is 0.296 e. The molecule has 0 fully saturated rings. The third-order valence-electron chi connectivity index (χ3n) is 5.26. The number of Topliss-reactive ketones (excluding diaryl/α,β-unsaturated/α-hetero) is 1. The third-order valence-corrected chi connectivity index (χ3v) is 5.26. The highest BCUT2D eigenvalue weighted by Gasteiger charge is 2.33. The topological polar surface area (TPSA) is 67.9 Å². The molecule has 0 saturated heterocycles. The van der Waals surface area contributed by atoms with Gasteiger partial charge >= 0.3 is 0 Å². The quantitative estimate of drug-likeness (QED) is 0.579. The maximum atomic E-state index is 12.3. The van der Waals surface area contributed by atoms with Gasteiger partial charge in [0.25, 0.3) is 11.7 Å². The number of methoxy groups -OCH3 is 2. The van der Waals surface area contributed by atoms with Crippen LogP contribution in [0.4, 0.5) is 5.69 Å². The number of hydrogen-bond donors (Lipinski definition) is 1. The Morgan fingerprint density at radius 2 is 1.60 bits per heavy atom. The second kappa shape index (κ2) is 11.0. The average Bonchev–Trinajstić information content (AvgIpc) is 3.05. The summed E-state index contributed by atoms with van der Waals surface area (Å²) in [4.78, 5) is 26.6. The zero-order chi connectivity index (χ0) is 20.8. The lowest BCUT2D eigenvalue weighted by Gasteiger charge is -2.22. The number of halogens is 1. The van der Waals surface area contributed by atoms with Crippen molar-refractivity contribution in [2.75, 3.05) is 39.2 Å². The molecule has 1 heterocycles. The summed E-state index contributed by atoms with van der Waals surface area (Å²) < 4.78 is 10.5. The summed E-state index contributed by atoms with van der Waals surface area (Å²) in [7, 11) is 3.20. The van der Waals surface area contributed by atoms with Crippen LogP contribution in [-0.4, -0.2) is 50.4 Å². The first-order valence-corrected chi connectivity index (χ1v) is 9.98. The summed E-state index contributed by atoms with van der Waals surface area (Å²) in [5, 5.41) is 2.64. The number of fused-ring (bicyclic) bond motifs is 1. The van der Waals surface area contributed by atoms with Gasteiger partial charge in [-0.25, -0.2) is 0 Å². The first kappa shape index (κ1) is 23.7. The van der Waals surface area contributed by atoms with Crippen molar-refractivity contribution in [3.63, 3.8) is 0 Å². The number of ketones is 1. The SMILES string of the molecule is CCCN(CCc1ccc(OC)cc1)CCc1ccc(OC)c2c1C(=O)C(=O)N2.Cl. The molecule has 0 spiro atoms. The number of nitrogens with zero attached hydrogens (tertiary/aromatic N) is 1. The van der Waals surface area contributed by atoms with E-state index in [2.05, 4.69) is 29.3 Å². The Hall–Kier alpha value is -2.57. The van der Waals surface area contributed by atoms with Crippen molar-refractivity contribution in [2.24, 2.45) is 0 Å². The highest BCUT2D eigenvalue weighted by molar-refractivity contribution is 6.52.